The molecular weight excluding hydrogens is 371 g/mol. The lowest BCUT2D eigenvalue weighted by atomic mass is 9.79. The van der Waals surface area contributed by atoms with Crippen LogP contribution in [0.25, 0.3) is 5.57 Å². The number of rotatable bonds is 9. The van der Waals surface area contributed by atoms with E-state index in [1.165, 1.54) is 50.5 Å². The highest BCUT2D eigenvalue weighted by molar-refractivity contribution is 5.76. The van der Waals surface area contributed by atoms with Crippen molar-refractivity contribution in [2.75, 3.05) is 0 Å². The Balaban J connectivity index is 1.58. The second kappa shape index (κ2) is 10.8. The Morgan fingerprint density at radius 1 is 1.07 bits per heavy atom. The molecule has 1 aromatic rings. The number of allylic oxidation sites excluding steroid dienone is 2. The molecule has 166 valence electrons. The van der Waals surface area contributed by atoms with Crippen LogP contribution in [0.5, 0.6) is 0 Å². The van der Waals surface area contributed by atoms with Gasteiger partial charge in [0.05, 0.1) is 6.10 Å². The zero-order chi connectivity index (χ0) is 21.6. The van der Waals surface area contributed by atoms with Crippen molar-refractivity contribution in [3.8, 4) is 0 Å². The van der Waals surface area contributed by atoms with Gasteiger partial charge in [-0.15, -0.1) is 0 Å². The van der Waals surface area contributed by atoms with Crippen molar-refractivity contribution in [1.29, 1.82) is 0 Å². The van der Waals surface area contributed by atoms with Crippen LogP contribution < -0.4 is 0 Å². The van der Waals surface area contributed by atoms with Crippen molar-refractivity contribution in [2.24, 2.45) is 5.92 Å². The molecule has 2 heteroatoms. The van der Waals surface area contributed by atoms with Gasteiger partial charge in [0.1, 0.15) is 11.4 Å². The van der Waals surface area contributed by atoms with Gasteiger partial charge in [-0.2, -0.15) is 0 Å². The Hall–Kier alpha value is -1.41. The minimum Gasteiger partial charge on any atom is -0.365 e. The smallest absolute Gasteiger partial charge is 0.132 e. The van der Waals surface area contributed by atoms with Gasteiger partial charge in [0, 0.05) is 6.42 Å². The molecule has 0 amide bonds. The van der Waals surface area contributed by atoms with Crippen molar-refractivity contribution in [1.82, 2.24) is 0 Å². The molecule has 2 aliphatic rings. The predicted molar refractivity (Wildman–Crippen MR) is 126 cm³/mol. The molecule has 0 N–H and O–H groups in total. The Kier molecular flexibility index (Phi) is 8.34. The molecule has 2 atom stereocenters. The highest BCUT2D eigenvalue weighted by atomic mass is 19.1. The summed E-state index contributed by atoms with van der Waals surface area (Å²) in [6.45, 7) is 8.55. The fraction of sp³-hybridized carbons (Fsp3) is 0.643. The van der Waals surface area contributed by atoms with Crippen molar-refractivity contribution in [3.05, 3.63) is 53.4 Å². The molecule has 0 bridgehead atoms. The van der Waals surface area contributed by atoms with Gasteiger partial charge in [-0.1, -0.05) is 82.7 Å². The normalized spacial score (nSPS) is 28.0. The van der Waals surface area contributed by atoms with Gasteiger partial charge in [0.2, 0.25) is 0 Å². The SMILES string of the molecule is CCCCCCC(C)OC1(C)CC=C(c2ccc(C3CCC(C)CC3)cc2)C=C1F. The molecule has 1 nitrogen and oxygen atoms in total. The summed E-state index contributed by atoms with van der Waals surface area (Å²) in [5, 5.41) is 0. The first-order chi connectivity index (χ1) is 14.4. The van der Waals surface area contributed by atoms with Crippen LogP contribution in [0.2, 0.25) is 0 Å². The monoisotopic (exact) mass is 412 g/mol. The van der Waals surface area contributed by atoms with E-state index in [0.29, 0.717) is 12.3 Å². The van der Waals surface area contributed by atoms with Crippen LogP contribution in [-0.4, -0.2) is 11.7 Å². The molecule has 0 radical (unpaired) electrons. The molecule has 2 unspecified atom stereocenters. The molecule has 3 rings (SSSR count). The molecule has 0 aromatic heterocycles. The van der Waals surface area contributed by atoms with Gasteiger partial charge < -0.3 is 4.74 Å². The topological polar surface area (TPSA) is 9.23 Å². The third kappa shape index (κ3) is 6.06. The van der Waals surface area contributed by atoms with Crippen molar-refractivity contribution >= 4 is 5.57 Å². The molecule has 0 aliphatic heterocycles. The predicted octanol–water partition coefficient (Wildman–Crippen LogP) is 8.76. The van der Waals surface area contributed by atoms with Crippen LogP contribution in [0.1, 0.15) is 109 Å². The fourth-order valence-electron chi connectivity index (χ4n) is 4.96. The number of unbranched alkanes of at least 4 members (excludes halogenated alkanes) is 3. The molecule has 1 aromatic carbocycles. The van der Waals surface area contributed by atoms with Crippen LogP contribution in [-0.2, 0) is 4.74 Å². The van der Waals surface area contributed by atoms with E-state index in [1.807, 2.05) is 6.92 Å². The molecule has 0 spiro atoms. The zero-order valence-electron chi connectivity index (χ0n) is 19.6. The van der Waals surface area contributed by atoms with Gasteiger partial charge in [0.15, 0.2) is 0 Å². The Bertz CT molecular complexity index is 724. The number of halogens is 1. The Labute approximate surface area is 183 Å². The lowest BCUT2D eigenvalue weighted by Crippen LogP contribution is -2.34. The minimum absolute atomic E-state index is 0.0819. The number of hydrogen-bond donors (Lipinski definition) is 0. The molecule has 1 saturated carbocycles. The van der Waals surface area contributed by atoms with Gasteiger partial charge in [0.25, 0.3) is 0 Å². The first-order valence-corrected chi connectivity index (χ1v) is 12.3. The minimum atomic E-state index is -0.827. The van der Waals surface area contributed by atoms with E-state index in [-0.39, 0.29) is 11.9 Å². The van der Waals surface area contributed by atoms with Crippen LogP contribution >= 0.6 is 0 Å². The summed E-state index contributed by atoms with van der Waals surface area (Å²) in [7, 11) is 0. The van der Waals surface area contributed by atoms with E-state index in [2.05, 4.69) is 51.1 Å². The second-order valence-electron chi connectivity index (χ2n) is 9.94. The first kappa shape index (κ1) is 23.3. The maximum absolute atomic E-state index is 15.1. The van der Waals surface area contributed by atoms with E-state index in [9.17, 15) is 0 Å². The Morgan fingerprint density at radius 3 is 2.40 bits per heavy atom. The summed E-state index contributed by atoms with van der Waals surface area (Å²) in [6.07, 6.45) is 15.7. The van der Waals surface area contributed by atoms with Gasteiger partial charge in [-0.25, -0.2) is 4.39 Å². The van der Waals surface area contributed by atoms with Gasteiger partial charge in [-0.3, -0.25) is 0 Å². The maximum atomic E-state index is 15.1. The average Bonchev–Trinajstić information content (AvgIpc) is 2.74. The van der Waals surface area contributed by atoms with Gasteiger partial charge in [-0.05, 0) is 67.7 Å². The van der Waals surface area contributed by atoms with Crippen LogP contribution in [0.4, 0.5) is 4.39 Å². The van der Waals surface area contributed by atoms with Crippen molar-refractivity contribution in [3.63, 3.8) is 0 Å². The van der Waals surface area contributed by atoms with Crippen LogP contribution in [0.3, 0.4) is 0 Å². The van der Waals surface area contributed by atoms with E-state index < -0.39 is 5.60 Å². The van der Waals surface area contributed by atoms with Crippen LogP contribution in [0.15, 0.2) is 42.2 Å². The maximum Gasteiger partial charge on any atom is 0.132 e. The van der Waals surface area contributed by atoms with E-state index in [1.54, 1.807) is 6.08 Å². The Morgan fingerprint density at radius 2 is 1.77 bits per heavy atom. The quantitative estimate of drug-likeness (QED) is 0.368. The summed E-state index contributed by atoms with van der Waals surface area (Å²) >= 11 is 0. The summed E-state index contributed by atoms with van der Waals surface area (Å²) in [4.78, 5) is 0. The second-order valence-corrected chi connectivity index (χ2v) is 9.94. The first-order valence-electron chi connectivity index (χ1n) is 12.3. The summed E-state index contributed by atoms with van der Waals surface area (Å²) in [5.41, 5.74) is 2.70. The zero-order valence-corrected chi connectivity index (χ0v) is 19.6. The highest BCUT2D eigenvalue weighted by Gasteiger charge is 2.34. The average molecular weight is 413 g/mol. The van der Waals surface area contributed by atoms with E-state index in [4.69, 9.17) is 4.74 Å². The number of ether oxygens (including phenoxy) is 1. The standard InChI is InChI=1S/C28H41FO/c1-5-6-7-8-9-22(3)30-28(4)19-18-26(20-27(28)29)25-16-14-24(15-17-25)23-12-10-21(2)11-13-23/h14-18,20-23H,5-13,19H2,1-4H3. The van der Waals surface area contributed by atoms with Crippen molar-refractivity contribution in [2.45, 2.75) is 110 Å². The highest BCUT2D eigenvalue weighted by Crippen LogP contribution is 2.39. The summed E-state index contributed by atoms with van der Waals surface area (Å²) < 4.78 is 21.2. The molecule has 30 heavy (non-hydrogen) atoms. The fourth-order valence-corrected chi connectivity index (χ4v) is 4.96. The van der Waals surface area contributed by atoms with Crippen molar-refractivity contribution < 1.29 is 9.13 Å². The number of benzene rings is 1. The molecule has 0 saturated heterocycles. The molecular formula is C28H41FO. The lowest BCUT2D eigenvalue weighted by Gasteiger charge is -2.33. The summed E-state index contributed by atoms with van der Waals surface area (Å²) in [5.74, 6) is 1.42. The molecule has 1 fully saturated rings. The number of hydrogen-bond acceptors (Lipinski definition) is 1. The largest absolute Gasteiger partial charge is 0.365 e. The third-order valence-corrected chi connectivity index (χ3v) is 7.16. The molecule has 2 aliphatic carbocycles. The van der Waals surface area contributed by atoms with E-state index >= 15 is 4.39 Å². The third-order valence-electron chi connectivity index (χ3n) is 7.16. The van der Waals surface area contributed by atoms with Crippen LogP contribution in [0, 0.1) is 5.92 Å². The van der Waals surface area contributed by atoms with Gasteiger partial charge >= 0.3 is 0 Å². The summed E-state index contributed by atoms with van der Waals surface area (Å²) in [6, 6.07) is 8.85. The van der Waals surface area contributed by atoms with E-state index in [0.717, 1.165) is 29.9 Å². The lowest BCUT2D eigenvalue weighted by molar-refractivity contribution is -0.0655. The molecule has 0 heterocycles.